The normalized spacial score (nSPS) is 13.3. The Kier molecular flexibility index (Phi) is 10.0. The van der Waals surface area contributed by atoms with E-state index in [1.165, 1.54) is 10.7 Å². The largest absolute Gasteiger partial charge is 0.449 e. The van der Waals surface area contributed by atoms with Crippen LogP contribution in [0.4, 0.5) is 10.5 Å². The van der Waals surface area contributed by atoms with Gasteiger partial charge in [0, 0.05) is 37.0 Å². The lowest BCUT2D eigenvalue weighted by Gasteiger charge is -2.26. The van der Waals surface area contributed by atoms with Crippen molar-refractivity contribution in [3.63, 3.8) is 0 Å². The molecule has 1 amide bonds. The van der Waals surface area contributed by atoms with Gasteiger partial charge in [0.25, 0.3) is 5.56 Å². The highest BCUT2D eigenvalue weighted by atomic mass is 35.5. The van der Waals surface area contributed by atoms with Crippen LogP contribution < -0.4 is 10.9 Å². The first-order chi connectivity index (χ1) is 17.1. The highest BCUT2D eigenvalue weighted by molar-refractivity contribution is 5.85. The summed E-state index contributed by atoms with van der Waals surface area (Å²) < 4.78 is 12.0. The fourth-order valence-electron chi connectivity index (χ4n) is 3.82. The maximum Gasteiger partial charge on any atom is 0.411 e. The minimum Gasteiger partial charge on any atom is -0.449 e. The molecule has 1 fully saturated rings. The number of anilines is 1. The van der Waals surface area contributed by atoms with Gasteiger partial charge >= 0.3 is 6.09 Å². The van der Waals surface area contributed by atoms with E-state index < -0.39 is 6.09 Å². The molecule has 188 valence electrons. The molecule has 1 aliphatic rings. The maximum absolute atomic E-state index is 12.4. The third kappa shape index (κ3) is 7.65. The van der Waals surface area contributed by atoms with E-state index >= 15 is 0 Å². The summed E-state index contributed by atoms with van der Waals surface area (Å²) in [6, 6.07) is 19.5. The lowest BCUT2D eigenvalue weighted by Crippen LogP contribution is -2.37. The minimum atomic E-state index is -0.515. The van der Waals surface area contributed by atoms with Gasteiger partial charge in [-0.2, -0.15) is 10.4 Å². The van der Waals surface area contributed by atoms with Crippen LogP contribution in [0.25, 0.3) is 11.3 Å². The predicted octanol–water partition coefficient (Wildman–Crippen LogP) is 3.52. The van der Waals surface area contributed by atoms with Gasteiger partial charge in [0.15, 0.2) is 0 Å². The van der Waals surface area contributed by atoms with Crippen LogP contribution in [0, 0.1) is 11.3 Å². The molecular weight excluding hydrogens is 482 g/mol. The Morgan fingerprint density at radius 1 is 1.11 bits per heavy atom. The van der Waals surface area contributed by atoms with E-state index in [1.54, 1.807) is 42.5 Å². The number of carbonyl (C=O) groups is 1. The monoisotopic (exact) mass is 509 g/mol. The van der Waals surface area contributed by atoms with Crippen molar-refractivity contribution in [3.05, 3.63) is 82.1 Å². The Labute approximate surface area is 215 Å². The number of nitrogens with zero attached hydrogens (tertiary/aromatic N) is 4. The van der Waals surface area contributed by atoms with Crippen molar-refractivity contribution >= 4 is 24.2 Å². The predicted molar refractivity (Wildman–Crippen MR) is 138 cm³/mol. The maximum atomic E-state index is 12.4. The van der Waals surface area contributed by atoms with E-state index in [0.29, 0.717) is 23.6 Å². The molecule has 1 saturated heterocycles. The first-order valence-corrected chi connectivity index (χ1v) is 11.5. The van der Waals surface area contributed by atoms with Crippen LogP contribution in [0.3, 0.4) is 0 Å². The van der Waals surface area contributed by atoms with Crippen molar-refractivity contribution in [3.8, 4) is 17.3 Å². The van der Waals surface area contributed by atoms with Gasteiger partial charge in [-0.05, 0) is 42.3 Å². The zero-order valence-corrected chi connectivity index (χ0v) is 20.6. The van der Waals surface area contributed by atoms with Crippen molar-refractivity contribution in [2.75, 3.05) is 44.8 Å². The van der Waals surface area contributed by atoms with Crippen molar-refractivity contribution < 1.29 is 14.3 Å². The highest BCUT2D eigenvalue weighted by Crippen LogP contribution is 2.17. The van der Waals surface area contributed by atoms with Crippen LogP contribution in [0.1, 0.15) is 17.5 Å². The number of ether oxygens (including phenoxy) is 2. The summed E-state index contributed by atoms with van der Waals surface area (Å²) in [6.45, 7) is 4.75. The number of amides is 1. The molecule has 0 unspecified atom stereocenters. The number of rotatable bonds is 8. The summed E-state index contributed by atoms with van der Waals surface area (Å²) in [7, 11) is 0. The molecule has 0 bridgehead atoms. The topological polar surface area (TPSA) is 109 Å². The number of hydrogen-bond donors (Lipinski definition) is 1. The van der Waals surface area contributed by atoms with Crippen LogP contribution in [0.2, 0.25) is 0 Å². The van der Waals surface area contributed by atoms with Gasteiger partial charge in [-0.3, -0.25) is 15.0 Å². The van der Waals surface area contributed by atoms with Crippen molar-refractivity contribution in [2.45, 2.75) is 13.0 Å². The highest BCUT2D eigenvalue weighted by Gasteiger charge is 2.11. The zero-order chi connectivity index (χ0) is 24.5. The van der Waals surface area contributed by atoms with Crippen molar-refractivity contribution in [1.82, 2.24) is 14.7 Å². The molecule has 1 aliphatic heterocycles. The lowest BCUT2D eigenvalue weighted by molar-refractivity contribution is 0.0348. The Morgan fingerprint density at radius 3 is 2.72 bits per heavy atom. The van der Waals surface area contributed by atoms with Gasteiger partial charge in [0.1, 0.15) is 0 Å². The van der Waals surface area contributed by atoms with E-state index in [0.717, 1.165) is 50.4 Å². The molecule has 0 spiro atoms. The number of carbonyl (C=O) groups excluding carboxylic acids is 1. The van der Waals surface area contributed by atoms with Gasteiger partial charge in [-0.25, -0.2) is 9.48 Å². The lowest BCUT2D eigenvalue weighted by atomic mass is 10.1. The number of morpholine rings is 1. The molecule has 0 aliphatic carbocycles. The number of aromatic nitrogens is 2. The van der Waals surface area contributed by atoms with E-state index in [1.807, 2.05) is 12.1 Å². The van der Waals surface area contributed by atoms with Gasteiger partial charge in [0.2, 0.25) is 0 Å². The summed E-state index contributed by atoms with van der Waals surface area (Å²) in [4.78, 5) is 26.9. The quantitative estimate of drug-likeness (QED) is 0.462. The standard InChI is InChI=1S/C26H27N5O4.ClH/c27-18-20-4-1-6-22(16-20)24-8-9-25(32)31(29-24)19-21-5-2-7-23(17-21)28-26(33)35-13-3-10-30-11-14-34-15-12-30;/h1-2,4-9,16-17H,3,10-15,19H2,(H,28,33);1H. The molecular formula is C26H28ClN5O4. The molecule has 10 heteroatoms. The summed E-state index contributed by atoms with van der Waals surface area (Å²) in [5, 5.41) is 16.3. The number of halogens is 1. The number of nitrogens with one attached hydrogen (secondary N) is 1. The molecule has 4 rings (SSSR count). The summed E-state index contributed by atoms with van der Waals surface area (Å²) in [5.74, 6) is 0. The Morgan fingerprint density at radius 2 is 1.92 bits per heavy atom. The summed E-state index contributed by atoms with van der Waals surface area (Å²) in [5.41, 5.74) is 3.00. The van der Waals surface area contributed by atoms with Gasteiger partial charge < -0.3 is 9.47 Å². The van der Waals surface area contributed by atoms with Gasteiger partial charge in [-0.1, -0.05) is 24.3 Å². The molecule has 1 aromatic heterocycles. The van der Waals surface area contributed by atoms with Crippen LogP contribution >= 0.6 is 12.4 Å². The third-order valence-electron chi connectivity index (χ3n) is 5.62. The number of hydrogen-bond acceptors (Lipinski definition) is 7. The van der Waals surface area contributed by atoms with Crippen molar-refractivity contribution in [1.29, 1.82) is 5.26 Å². The Hall–Kier alpha value is -3.71. The van der Waals surface area contributed by atoms with E-state index in [2.05, 4.69) is 21.4 Å². The number of nitriles is 1. The first-order valence-electron chi connectivity index (χ1n) is 11.5. The minimum absolute atomic E-state index is 0. The third-order valence-corrected chi connectivity index (χ3v) is 5.62. The van der Waals surface area contributed by atoms with Gasteiger partial charge in [0.05, 0.1) is 43.7 Å². The molecule has 2 aromatic carbocycles. The fourth-order valence-corrected chi connectivity index (χ4v) is 3.82. The molecule has 3 aromatic rings. The van der Waals surface area contributed by atoms with Crippen LogP contribution in [0.15, 0.2) is 65.5 Å². The molecule has 1 N–H and O–H groups in total. The molecule has 9 nitrogen and oxygen atoms in total. The SMILES string of the molecule is Cl.N#Cc1cccc(-c2ccc(=O)n(Cc3cccc(NC(=O)OCCCN4CCOCC4)c3)n2)c1. The molecule has 0 atom stereocenters. The smallest absolute Gasteiger partial charge is 0.411 e. The van der Waals surface area contributed by atoms with E-state index in [9.17, 15) is 9.59 Å². The number of benzene rings is 2. The average Bonchev–Trinajstić information content (AvgIpc) is 2.89. The van der Waals surface area contributed by atoms with Gasteiger partial charge in [-0.15, -0.1) is 12.4 Å². The molecule has 2 heterocycles. The second-order valence-electron chi connectivity index (χ2n) is 8.18. The summed E-state index contributed by atoms with van der Waals surface area (Å²) in [6.07, 6.45) is 0.245. The van der Waals surface area contributed by atoms with Crippen LogP contribution in [-0.2, 0) is 16.0 Å². The molecule has 0 saturated carbocycles. The van der Waals surface area contributed by atoms with Crippen LogP contribution in [0.5, 0.6) is 0 Å². The second kappa shape index (κ2) is 13.4. The Balaban J connectivity index is 0.00000361. The first kappa shape index (κ1) is 26.9. The van der Waals surface area contributed by atoms with E-state index in [4.69, 9.17) is 14.7 Å². The van der Waals surface area contributed by atoms with Crippen LogP contribution in [-0.4, -0.2) is 60.2 Å². The Bertz CT molecular complexity index is 1270. The fraction of sp³-hybridized carbons (Fsp3) is 0.308. The molecule has 0 radical (unpaired) electrons. The average molecular weight is 510 g/mol. The molecule has 36 heavy (non-hydrogen) atoms. The van der Waals surface area contributed by atoms with E-state index in [-0.39, 0.29) is 24.5 Å². The summed E-state index contributed by atoms with van der Waals surface area (Å²) >= 11 is 0. The van der Waals surface area contributed by atoms with Crippen molar-refractivity contribution in [2.24, 2.45) is 0 Å². The zero-order valence-electron chi connectivity index (χ0n) is 19.8. The second-order valence-corrected chi connectivity index (χ2v) is 8.18.